The van der Waals surface area contributed by atoms with Gasteiger partial charge in [-0.05, 0) is 0 Å². The predicted octanol–water partition coefficient (Wildman–Crippen LogP) is -0.369. The van der Waals surface area contributed by atoms with E-state index in [4.69, 9.17) is 10.2 Å². The Morgan fingerprint density at radius 1 is 1.29 bits per heavy atom. The molecule has 6 nitrogen and oxygen atoms in total. The second-order valence-corrected chi connectivity index (χ2v) is 2.96. The normalized spacial score (nSPS) is 13.3. The Labute approximate surface area is 92.6 Å². The molecule has 17 heavy (non-hydrogen) atoms. The van der Waals surface area contributed by atoms with Crippen molar-refractivity contribution in [2.75, 3.05) is 13.2 Å². The molecule has 2 amide bonds. The summed E-state index contributed by atoms with van der Waals surface area (Å²) in [5.41, 5.74) is 0. The Morgan fingerprint density at radius 3 is 2.18 bits per heavy atom. The van der Waals surface area contributed by atoms with Crippen LogP contribution in [0.1, 0.15) is 0 Å². The first kappa shape index (κ1) is 15.4. The molecule has 4 N–H and O–H groups in total. The van der Waals surface area contributed by atoms with Gasteiger partial charge >= 0.3 is 24.3 Å². The number of aliphatic hydroxyl groups excluding tert-OH is 1. The molecule has 0 aliphatic carbocycles. The molecule has 0 fully saturated rings. The lowest BCUT2D eigenvalue weighted by atomic mass is 10.3. The van der Waals surface area contributed by atoms with Crippen LogP contribution in [0, 0.1) is 0 Å². The monoisotopic (exact) mass is 262 g/mol. The summed E-state index contributed by atoms with van der Waals surface area (Å²) in [5, 5.41) is 19.8. The third kappa shape index (κ3) is 5.33. The highest BCUT2D eigenvalue weighted by Gasteiger charge is 2.41. The molecule has 0 unspecified atom stereocenters. The van der Waals surface area contributed by atoms with Gasteiger partial charge in [0.15, 0.2) is 6.04 Å². The fourth-order valence-electron chi connectivity index (χ4n) is 0.670. The van der Waals surface area contributed by atoms with Crippen molar-refractivity contribution in [2.45, 2.75) is 18.4 Å². The van der Waals surface area contributed by atoms with Crippen molar-refractivity contribution in [3.05, 3.63) is 0 Å². The Kier molecular flexibility index (Phi) is 5.65. The first-order valence-electron chi connectivity index (χ1n) is 4.24. The highest BCUT2D eigenvalue weighted by atomic mass is 19.3. The quantitative estimate of drug-likeness (QED) is 0.491. The molecule has 0 saturated heterocycles. The molecule has 0 bridgehead atoms. The van der Waals surface area contributed by atoms with E-state index >= 15 is 0 Å². The lowest BCUT2D eigenvalue weighted by molar-refractivity contribution is -0.140. The molecule has 0 aliphatic heterocycles. The van der Waals surface area contributed by atoms with Crippen LogP contribution in [0.3, 0.4) is 0 Å². The number of hydrogen-bond donors (Lipinski definition) is 4. The number of urea groups is 1. The van der Waals surface area contributed by atoms with Gasteiger partial charge in [-0.1, -0.05) is 0 Å². The molecule has 0 aromatic rings. The van der Waals surface area contributed by atoms with Crippen LogP contribution in [0.2, 0.25) is 0 Å². The number of carbonyl (C=O) groups is 2. The fourth-order valence-corrected chi connectivity index (χ4v) is 0.670. The molecular weight excluding hydrogens is 252 g/mol. The third-order valence-electron chi connectivity index (χ3n) is 1.59. The summed E-state index contributed by atoms with van der Waals surface area (Å²) in [5.74, 6) is -6.00. The summed E-state index contributed by atoms with van der Waals surface area (Å²) in [6, 6.07) is -3.10. The van der Waals surface area contributed by atoms with Gasteiger partial charge in [0.05, 0.1) is 13.2 Å². The summed E-state index contributed by atoms with van der Waals surface area (Å²) in [7, 11) is 0. The maximum absolute atomic E-state index is 12.3. The molecule has 0 spiro atoms. The molecule has 0 aliphatic rings. The maximum Gasteiger partial charge on any atom is 0.328 e. The van der Waals surface area contributed by atoms with Gasteiger partial charge in [0, 0.05) is 0 Å². The Bertz CT molecular complexity index is 287. The summed E-state index contributed by atoms with van der Waals surface area (Å²) >= 11 is 0. The number of halogens is 4. The topological polar surface area (TPSA) is 98.7 Å². The molecule has 0 rings (SSSR count). The van der Waals surface area contributed by atoms with Crippen LogP contribution in [0.25, 0.3) is 0 Å². The Balaban J connectivity index is 4.16. The van der Waals surface area contributed by atoms with E-state index < -0.39 is 43.5 Å². The van der Waals surface area contributed by atoms with Crippen LogP contribution >= 0.6 is 0 Å². The van der Waals surface area contributed by atoms with Gasteiger partial charge in [-0.2, -0.15) is 8.78 Å². The fraction of sp³-hybridized carbons (Fsp3) is 0.714. The van der Waals surface area contributed by atoms with Gasteiger partial charge < -0.3 is 20.8 Å². The number of aliphatic carboxylic acids is 1. The lowest BCUT2D eigenvalue weighted by Crippen LogP contribution is -2.51. The second-order valence-electron chi connectivity index (χ2n) is 2.96. The van der Waals surface area contributed by atoms with Crippen LogP contribution in [-0.4, -0.2) is 53.8 Å². The number of rotatable bonds is 6. The van der Waals surface area contributed by atoms with Crippen LogP contribution in [0.4, 0.5) is 22.4 Å². The van der Waals surface area contributed by atoms with E-state index in [9.17, 15) is 27.2 Å². The number of hydrogen-bond acceptors (Lipinski definition) is 3. The van der Waals surface area contributed by atoms with Crippen LogP contribution in [0.15, 0.2) is 0 Å². The van der Waals surface area contributed by atoms with E-state index in [1.807, 2.05) is 0 Å². The average Bonchev–Trinajstić information content (AvgIpc) is 2.22. The van der Waals surface area contributed by atoms with Crippen molar-refractivity contribution in [3.63, 3.8) is 0 Å². The molecule has 100 valence electrons. The van der Waals surface area contributed by atoms with Crippen LogP contribution in [0.5, 0.6) is 0 Å². The van der Waals surface area contributed by atoms with Crippen molar-refractivity contribution in [1.29, 1.82) is 0 Å². The molecule has 0 saturated carbocycles. The van der Waals surface area contributed by atoms with Crippen LogP contribution in [-0.2, 0) is 4.79 Å². The minimum atomic E-state index is -4.41. The summed E-state index contributed by atoms with van der Waals surface area (Å²) in [6.45, 7) is -2.61. The van der Waals surface area contributed by atoms with Gasteiger partial charge in [-0.15, -0.1) is 0 Å². The van der Waals surface area contributed by atoms with Gasteiger partial charge in [0.2, 0.25) is 0 Å². The Morgan fingerprint density at radius 2 is 1.82 bits per heavy atom. The maximum atomic E-state index is 12.3. The van der Waals surface area contributed by atoms with Crippen molar-refractivity contribution < 1.29 is 37.4 Å². The van der Waals surface area contributed by atoms with Gasteiger partial charge in [-0.3, -0.25) is 0 Å². The van der Waals surface area contributed by atoms with Gasteiger partial charge in [0.25, 0.3) is 0 Å². The smallest absolute Gasteiger partial charge is 0.328 e. The standard InChI is InChI=1S/C7H10F4N2O4/c8-5(9)7(10,11)2-12-6(17)13-3(1-14)4(15)16/h3,5,14H,1-2H2,(H,15,16)(H2,12,13,17)/t3-/m1/s1. The minimum absolute atomic E-state index is 0.964. The van der Waals surface area contributed by atoms with E-state index in [0.29, 0.717) is 0 Å². The first-order valence-corrected chi connectivity index (χ1v) is 4.24. The van der Waals surface area contributed by atoms with E-state index in [2.05, 4.69) is 0 Å². The molecule has 1 atom stereocenters. The molecule has 0 radical (unpaired) electrons. The zero-order chi connectivity index (χ0) is 13.6. The van der Waals surface area contributed by atoms with E-state index in [-0.39, 0.29) is 0 Å². The zero-order valence-corrected chi connectivity index (χ0v) is 8.29. The molecule has 10 heteroatoms. The number of aliphatic hydroxyl groups is 1. The molecular formula is C7H10F4N2O4. The summed E-state index contributed by atoms with van der Waals surface area (Å²) in [6.07, 6.45) is -3.95. The molecule has 0 aromatic carbocycles. The molecule has 0 aromatic heterocycles. The number of carbonyl (C=O) groups excluding carboxylic acids is 1. The van der Waals surface area contributed by atoms with E-state index in [1.165, 1.54) is 5.32 Å². The second kappa shape index (κ2) is 6.23. The Hall–Kier alpha value is -1.58. The van der Waals surface area contributed by atoms with Crippen molar-refractivity contribution in [2.24, 2.45) is 0 Å². The minimum Gasteiger partial charge on any atom is -0.480 e. The van der Waals surface area contributed by atoms with Crippen LogP contribution < -0.4 is 10.6 Å². The van der Waals surface area contributed by atoms with Gasteiger partial charge in [-0.25, -0.2) is 18.4 Å². The largest absolute Gasteiger partial charge is 0.480 e. The SMILES string of the molecule is O=C(NCC(F)(F)C(F)F)N[C@H](CO)C(=O)O. The molecule has 0 heterocycles. The summed E-state index contributed by atoms with van der Waals surface area (Å²) in [4.78, 5) is 21.1. The van der Waals surface area contributed by atoms with E-state index in [1.54, 1.807) is 5.32 Å². The zero-order valence-electron chi connectivity index (χ0n) is 8.29. The average molecular weight is 262 g/mol. The predicted molar refractivity (Wildman–Crippen MR) is 46.0 cm³/mol. The number of alkyl halides is 4. The lowest BCUT2D eigenvalue weighted by Gasteiger charge is -2.17. The van der Waals surface area contributed by atoms with Crippen molar-refractivity contribution in [1.82, 2.24) is 10.6 Å². The van der Waals surface area contributed by atoms with Gasteiger partial charge in [0.1, 0.15) is 0 Å². The third-order valence-corrected chi connectivity index (χ3v) is 1.59. The number of carboxylic acids is 1. The highest BCUT2D eigenvalue weighted by molar-refractivity contribution is 5.82. The number of amides is 2. The van der Waals surface area contributed by atoms with E-state index in [0.717, 1.165) is 0 Å². The highest BCUT2D eigenvalue weighted by Crippen LogP contribution is 2.21. The number of carboxylic acid groups (broad SMARTS) is 1. The van der Waals surface area contributed by atoms with Crippen molar-refractivity contribution >= 4 is 12.0 Å². The van der Waals surface area contributed by atoms with Crippen molar-refractivity contribution in [3.8, 4) is 0 Å². The first-order chi connectivity index (χ1) is 7.70. The summed E-state index contributed by atoms with van der Waals surface area (Å²) < 4.78 is 48.0. The number of nitrogens with one attached hydrogen (secondary N) is 2.